The van der Waals surface area contributed by atoms with Crippen molar-refractivity contribution in [1.29, 1.82) is 0 Å². The van der Waals surface area contributed by atoms with E-state index in [9.17, 15) is 0 Å². The van der Waals surface area contributed by atoms with Crippen LogP contribution in [0.25, 0.3) is 22.3 Å². The van der Waals surface area contributed by atoms with E-state index in [2.05, 4.69) is 99.4 Å². The van der Waals surface area contributed by atoms with Crippen molar-refractivity contribution in [2.24, 2.45) is 4.99 Å². The Hall–Kier alpha value is -3.52. The molecular weight excluding hydrogens is 388 g/mol. The molecule has 0 unspecified atom stereocenters. The van der Waals surface area contributed by atoms with E-state index in [0.717, 1.165) is 22.5 Å². The Morgan fingerprint density at radius 3 is 1.81 bits per heavy atom. The topological polar surface area (TPSA) is 25.2 Å². The minimum Gasteiger partial charge on any atom is -0.255 e. The minimum atomic E-state index is 0.516. The molecule has 0 aliphatic carbocycles. The van der Waals surface area contributed by atoms with Crippen molar-refractivity contribution in [3.8, 4) is 22.3 Å². The van der Waals surface area contributed by atoms with Gasteiger partial charge >= 0.3 is 0 Å². The van der Waals surface area contributed by atoms with Crippen LogP contribution in [0.3, 0.4) is 0 Å². The molecule has 2 nitrogen and oxygen atoms in total. The molecule has 2 heteroatoms. The zero-order chi connectivity index (χ0) is 22.5. The fraction of sp³-hybridized carbons (Fsp3) is 0.200. The van der Waals surface area contributed by atoms with Crippen molar-refractivity contribution in [1.82, 2.24) is 4.98 Å². The summed E-state index contributed by atoms with van der Waals surface area (Å²) in [5, 5.41) is 0. The van der Waals surface area contributed by atoms with Crippen molar-refractivity contribution in [2.45, 2.75) is 39.5 Å². The normalized spacial score (nSPS) is 11.6. The van der Waals surface area contributed by atoms with Gasteiger partial charge in [-0.15, -0.1) is 0 Å². The number of aliphatic imine (C=N–C) groups is 1. The lowest BCUT2D eigenvalue weighted by molar-refractivity contribution is 0.867. The average molecular weight is 419 g/mol. The fourth-order valence-corrected chi connectivity index (χ4v) is 3.76. The van der Waals surface area contributed by atoms with Crippen molar-refractivity contribution in [3.05, 3.63) is 108 Å². The van der Waals surface area contributed by atoms with Crippen molar-refractivity contribution in [3.63, 3.8) is 0 Å². The fourth-order valence-electron chi connectivity index (χ4n) is 3.76. The molecule has 0 aliphatic heterocycles. The second-order valence-electron chi connectivity index (χ2n) is 8.80. The van der Waals surface area contributed by atoms with E-state index in [1.54, 1.807) is 6.20 Å². The molecule has 0 spiro atoms. The van der Waals surface area contributed by atoms with Gasteiger partial charge in [-0.1, -0.05) is 94.4 Å². The number of benzene rings is 3. The highest BCUT2D eigenvalue weighted by molar-refractivity contribution is 5.86. The number of hydrogen-bond donors (Lipinski definition) is 0. The number of pyridine rings is 1. The third-order valence-corrected chi connectivity index (χ3v) is 5.82. The van der Waals surface area contributed by atoms with Crippen LogP contribution in [0.15, 0.2) is 96.1 Å². The van der Waals surface area contributed by atoms with Gasteiger partial charge in [-0.25, -0.2) is 0 Å². The van der Waals surface area contributed by atoms with Crippen LogP contribution in [-0.2, 0) is 0 Å². The number of aromatic nitrogens is 1. The predicted molar refractivity (Wildman–Crippen MR) is 137 cm³/mol. The SMILES string of the molecule is CC(C)c1ccc(-c2ccc(-c3ccc(C(C)C)cc3)c(N=Cc3ccccn3)c2)cc1. The third-order valence-electron chi connectivity index (χ3n) is 5.82. The lowest BCUT2D eigenvalue weighted by atomic mass is 9.94. The Bertz CT molecular complexity index is 1190. The summed E-state index contributed by atoms with van der Waals surface area (Å²) in [4.78, 5) is 9.24. The first-order valence-electron chi connectivity index (χ1n) is 11.3. The molecule has 4 aromatic rings. The van der Waals surface area contributed by atoms with Gasteiger partial charge in [0.15, 0.2) is 0 Å². The monoisotopic (exact) mass is 418 g/mol. The maximum absolute atomic E-state index is 4.85. The summed E-state index contributed by atoms with van der Waals surface area (Å²) in [5.74, 6) is 1.04. The molecular formula is C30H30N2. The van der Waals surface area contributed by atoms with Gasteiger partial charge in [-0.2, -0.15) is 0 Å². The van der Waals surface area contributed by atoms with E-state index in [1.165, 1.54) is 22.3 Å². The van der Waals surface area contributed by atoms with Gasteiger partial charge in [0, 0.05) is 11.8 Å². The third kappa shape index (κ3) is 5.03. The maximum Gasteiger partial charge on any atom is 0.0812 e. The molecule has 0 bridgehead atoms. The van der Waals surface area contributed by atoms with Gasteiger partial charge < -0.3 is 0 Å². The van der Waals surface area contributed by atoms with E-state index >= 15 is 0 Å². The second-order valence-corrected chi connectivity index (χ2v) is 8.80. The van der Waals surface area contributed by atoms with Crippen LogP contribution in [-0.4, -0.2) is 11.2 Å². The molecule has 1 aromatic heterocycles. The average Bonchev–Trinajstić information content (AvgIpc) is 2.83. The Labute approximate surface area is 191 Å². The molecule has 0 saturated carbocycles. The summed E-state index contributed by atoms with van der Waals surface area (Å²) >= 11 is 0. The molecule has 4 rings (SSSR count). The second kappa shape index (κ2) is 9.74. The molecule has 0 fully saturated rings. The molecule has 0 atom stereocenters. The van der Waals surface area contributed by atoms with Crippen LogP contribution >= 0.6 is 0 Å². The molecule has 3 aromatic carbocycles. The molecule has 0 radical (unpaired) electrons. The van der Waals surface area contributed by atoms with Gasteiger partial charge in [-0.05, 0) is 57.9 Å². The zero-order valence-corrected chi connectivity index (χ0v) is 19.3. The van der Waals surface area contributed by atoms with Crippen LogP contribution in [0.5, 0.6) is 0 Å². The van der Waals surface area contributed by atoms with Gasteiger partial charge in [-0.3, -0.25) is 9.98 Å². The predicted octanol–water partition coefficient (Wildman–Crippen LogP) is 8.41. The maximum atomic E-state index is 4.85. The molecule has 160 valence electrons. The first-order valence-corrected chi connectivity index (χ1v) is 11.3. The summed E-state index contributed by atoms with van der Waals surface area (Å²) in [6.45, 7) is 8.88. The smallest absolute Gasteiger partial charge is 0.0812 e. The number of rotatable bonds is 6. The van der Waals surface area contributed by atoms with E-state index in [1.807, 2.05) is 24.4 Å². The van der Waals surface area contributed by atoms with Crippen LogP contribution in [0.4, 0.5) is 5.69 Å². The highest BCUT2D eigenvalue weighted by atomic mass is 14.8. The first kappa shape index (κ1) is 21.7. The first-order chi connectivity index (χ1) is 15.5. The lowest BCUT2D eigenvalue weighted by Gasteiger charge is -2.12. The Kier molecular flexibility index (Phi) is 6.61. The van der Waals surface area contributed by atoms with Crippen molar-refractivity contribution < 1.29 is 0 Å². The largest absolute Gasteiger partial charge is 0.255 e. The minimum absolute atomic E-state index is 0.516. The van der Waals surface area contributed by atoms with E-state index < -0.39 is 0 Å². The van der Waals surface area contributed by atoms with Gasteiger partial charge in [0.2, 0.25) is 0 Å². The summed E-state index contributed by atoms with van der Waals surface area (Å²) in [7, 11) is 0. The zero-order valence-electron chi connectivity index (χ0n) is 19.3. The van der Waals surface area contributed by atoms with Crippen LogP contribution in [0.1, 0.15) is 56.4 Å². The van der Waals surface area contributed by atoms with Gasteiger partial charge in [0.25, 0.3) is 0 Å². The molecule has 0 amide bonds. The Balaban J connectivity index is 1.76. The molecule has 1 heterocycles. The van der Waals surface area contributed by atoms with Crippen molar-refractivity contribution >= 4 is 11.9 Å². The molecule has 32 heavy (non-hydrogen) atoms. The molecule has 0 saturated heterocycles. The Morgan fingerprint density at radius 1 is 0.656 bits per heavy atom. The standard InChI is InChI=1S/C30H30N2/c1-21(2)23-8-12-25(13-9-23)27-16-17-29(26-14-10-24(11-15-26)22(3)4)30(19-27)32-20-28-7-5-6-18-31-28/h5-22H,1-4H3. The number of hydrogen-bond acceptors (Lipinski definition) is 2. The van der Waals surface area contributed by atoms with Crippen LogP contribution in [0.2, 0.25) is 0 Å². The molecule has 0 aliphatic rings. The summed E-state index contributed by atoms with van der Waals surface area (Å²) < 4.78 is 0. The summed E-state index contributed by atoms with van der Waals surface area (Å²) in [6, 6.07) is 30.1. The van der Waals surface area contributed by atoms with E-state index in [-0.39, 0.29) is 0 Å². The van der Waals surface area contributed by atoms with E-state index in [0.29, 0.717) is 11.8 Å². The Morgan fingerprint density at radius 2 is 1.25 bits per heavy atom. The lowest BCUT2D eigenvalue weighted by Crippen LogP contribution is -1.89. The number of nitrogens with zero attached hydrogens (tertiary/aromatic N) is 2. The van der Waals surface area contributed by atoms with Gasteiger partial charge in [0.05, 0.1) is 17.6 Å². The van der Waals surface area contributed by atoms with Gasteiger partial charge in [0.1, 0.15) is 0 Å². The summed E-state index contributed by atoms with van der Waals surface area (Å²) in [6.07, 6.45) is 3.63. The van der Waals surface area contributed by atoms with Crippen LogP contribution < -0.4 is 0 Å². The van der Waals surface area contributed by atoms with E-state index in [4.69, 9.17) is 4.99 Å². The van der Waals surface area contributed by atoms with Crippen LogP contribution in [0, 0.1) is 0 Å². The van der Waals surface area contributed by atoms with Crippen molar-refractivity contribution in [2.75, 3.05) is 0 Å². The quantitative estimate of drug-likeness (QED) is 0.288. The highest BCUT2D eigenvalue weighted by Crippen LogP contribution is 2.35. The molecule has 0 N–H and O–H groups in total. The summed E-state index contributed by atoms with van der Waals surface area (Å²) in [5.41, 5.74) is 9.14. The highest BCUT2D eigenvalue weighted by Gasteiger charge is 2.09.